The van der Waals surface area contributed by atoms with E-state index in [1.807, 2.05) is 7.05 Å². The van der Waals surface area contributed by atoms with E-state index in [2.05, 4.69) is 36.5 Å². The average Bonchev–Trinajstić information content (AvgIpc) is 2.42. The third-order valence-electron chi connectivity index (χ3n) is 3.48. The molecule has 0 aromatic heterocycles. The number of cyclic esters (lactones) is 1. The van der Waals surface area contributed by atoms with E-state index >= 15 is 0 Å². The maximum absolute atomic E-state index is 11.8. The molecule has 1 amide bonds. The fourth-order valence-electron chi connectivity index (χ4n) is 2.29. The van der Waals surface area contributed by atoms with Gasteiger partial charge in [-0.3, -0.25) is 0 Å². The van der Waals surface area contributed by atoms with Crippen molar-refractivity contribution in [3.05, 3.63) is 35.4 Å². The fraction of sp³-hybridized carbons (Fsp3) is 0.533. The van der Waals surface area contributed by atoms with Crippen molar-refractivity contribution in [3.63, 3.8) is 0 Å². The monoisotopic (exact) mass is 262 g/mol. The molecule has 2 rings (SSSR count). The Hall–Kier alpha value is -1.55. The summed E-state index contributed by atoms with van der Waals surface area (Å²) >= 11 is 0. The molecule has 1 unspecified atom stereocenters. The molecule has 104 valence electrons. The van der Waals surface area contributed by atoms with Gasteiger partial charge in [-0.1, -0.05) is 29.8 Å². The molecule has 0 aliphatic carbocycles. The first-order chi connectivity index (χ1) is 9.19. The largest absolute Gasteiger partial charge is 0.449 e. The van der Waals surface area contributed by atoms with Gasteiger partial charge in [0.15, 0.2) is 0 Å². The maximum Gasteiger partial charge on any atom is 0.410 e. The van der Waals surface area contributed by atoms with E-state index in [9.17, 15) is 4.79 Å². The lowest BCUT2D eigenvalue weighted by molar-refractivity contribution is 0.0380. The zero-order chi connectivity index (χ0) is 13.7. The predicted octanol–water partition coefficient (Wildman–Crippen LogP) is 2.17. The van der Waals surface area contributed by atoms with Gasteiger partial charge in [-0.25, -0.2) is 4.79 Å². The van der Waals surface area contributed by atoms with Crippen molar-refractivity contribution in [1.29, 1.82) is 0 Å². The van der Waals surface area contributed by atoms with E-state index in [0.717, 1.165) is 25.1 Å². The second kappa shape index (κ2) is 6.57. The van der Waals surface area contributed by atoms with Crippen molar-refractivity contribution in [2.75, 3.05) is 26.7 Å². The Morgan fingerprint density at radius 3 is 2.79 bits per heavy atom. The van der Waals surface area contributed by atoms with Crippen molar-refractivity contribution in [2.24, 2.45) is 5.92 Å². The Morgan fingerprint density at radius 2 is 2.11 bits per heavy atom. The smallest absolute Gasteiger partial charge is 0.410 e. The van der Waals surface area contributed by atoms with E-state index in [-0.39, 0.29) is 6.09 Å². The first kappa shape index (κ1) is 13.9. The van der Waals surface area contributed by atoms with Crippen molar-refractivity contribution in [3.8, 4) is 0 Å². The third kappa shape index (κ3) is 3.96. The number of hydrogen-bond donors (Lipinski definition) is 1. The Kier molecular flexibility index (Phi) is 4.80. The molecule has 1 aliphatic rings. The molecule has 1 fully saturated rings. The standard InChI is InChI=1S/C15H22N2O2/c1-12-3-5-13(6-4-12)9-17-10-14(7-8-16-2)11-19-15(17)18/h3-6,14,16H,7-11H2,1-2H3. The Morgan fingerprint density at radius 1 is 1.37 bits per heavy atom. The van der Waals surface area contributed by atoms with Crippen LogP contribution < -0.4 is 5.32 Å². The van der Waals surface area contributed by atoms with Crippen LogP contribution >= 0.6 is 0 Å². The highest BCUT2D eigenvalue weighted by molar-refractivity contribution is 5.68. The number of nitrogens with zero attached hydrogens (tertiary/aromatic N) is 1. The fourth-order valence-corrected chi connectivity index (χ4v) is 2.29. The highest BCUT2D eigenvalue weighted by Crippen LogP contribution is 2.17. The van der Waals surface area contributed by atoms with Crippen LogP contribution in [0.4, 0.5) is 4.79 Å². The topological polar surface area (TPSA) is 41.6 Å². The van der Waals surface area contributed by atoms with Crippen LogP contribution in [0.5, 0.6) is 0 Å². The molecule has 1 heterocycles. The summed E-state index contributed by atoms with van der Waals surface area (Å²) in [7, 11) is 1.94. The summed E-state index contributed by atoms with van der Waals surface area (Å²) in [5, 5.41) is 3.14. The molecule has 0 spiro atoms. The van der Waals surface area contributed by atoms with Crippen LogP contribution in [-0.2, 0) is 11.3 Å². The minimum Gasteiger partial charge on any atom is -0.449 e. The molecule has 19 heavy (non-hydrogen) atoms. The number of carbonyl (C=O) groups is 1. The molecule has 1 N–H and O–H groups in total. The minimum absolute atomic E-state index is 0.193. The van der Waals surface area contributed by atoms with Crippen LogP contribution in [-0.4, -0.2) is 37.7 Å². The van der Waals surface area contributed by atoms with Crippen LogP contribution in [0.25, 0.3) is 0 Å². The summed E-state index contributed by atoms with van der Waals surface area (Å²) in [6.45, 7) is 4.99. The molecular weight excluding hydrogens is 240 g/mol. The lowest BCUT2D eigenvalue weighted by Gasteiger charge is -2.32. The van der Waals surface area contributed by atoms with E-state index in [1.54, 1.807) is 4.90 Å². The van der Waals surface area contributed by atoms with Gasteiger partial charge < -0.3 is 15.0 Å². The lowest BCUT2D eigenvalue weighted by Crippen LogP contribution is -2.43. The van der Waals surface area contributed by atoms with E-state index < -0.39 is 0 Å². The SMILES string of the molecule is CNCCC1COC(=O)N(Cc2ccc(C)cc2)C1. The van der Waals surface area contributed by atoms with Crippen LogP contribution in [0, 0.1) is 12.8 Å². The molecule has 1 saturated heterocycles. The summed E-state index contributed by atoms with van der Waals surface area (Å²) < 4.78 is 5.26. The number of benzene rings is 1. The van der Waals surface area contributed by atoms with Crippen molar-refractivity contribution in [2.45, 2.75) is 19.9 Å². The molecular formula is C15H22N2O2. The molecule has 4 heteroatoms. The number of aryl methyl sites for hydroxylation is 1. The van der Waals surface area contributed by atoms with E-state index in [4.69, 9.17) is 4.74 Å². The van der Waals surface area contributed by atoms with Crippen molar-refractivity contribution in [1.82, 2.24) is 10.2 Å². The van der Waals surface area contributed by atoms with Crippen LogP contribution in [0.1, 0.15) is 17.5 Å². The number of ether oxygens (including phenoxy) is 1. The number of rotatable bonds is 5. The van der Waals surface area contributed by atoms with Gasteiger partial charge in [-0.2, -0.15) is 0 Å². The zero-order valence-corrected chi connectivity index (χ0v) is 11.7. The van der Waals surface area contributed by atoms with Crippen molar-refractivity contribution >= 4 is 6.09 Å². The third-order valence-corrected chi connectivity index (χ3v) is 3.48. The first-order valence-electron chi connectivity index (χ1n) is 6.81. The quantitative estimate of drug-likeness (QED) is 0.884. The van der Waals surface area contributed by atoms with Crippen LogP contribution in [0.3, 0.4) is 0 Å². The molecule has 1 aromatic carbocycles. The summed E-state index contributed by atoms with van der Waals surface area (Å²) in [4.78, 5) is 13.6. The lowest BCUT2D eigenvalue weighted by atomic mass is 10.0. The van der Waals surface area contributed by atoms with Gasteiger partial charge in [-0.15, -0.1) is 0 Å². The van der Waals surface area contributed by atoms with Crippen molar-refractivity contribution < 1.29 is 9.53 Å². The Bertz CT molecular complexity index is 417. The van der Waals surface area contributed by atoms with E-state index in [1.165, 1.54) is 5.56 Å². The summed E-state index contributed by atoms with van der Waals surface area (Å²) in [6.07, 6.45) is 0.843. The highest BCUT2D eigenvalue weighted by Gasteiger charge is 2.26. The molecule has 0 saturated carbocycles. The number of nitrogens with one attached hydrogen (secondary N) is 1. The highest BCUT2D eigenvalue weighted by atomic mass is 16.6. The van der Waals surface area contributed by atoms with Crippen LogP contribution in [0.15, 0.2) is 24.3 Å². The summed E-state index contributed by atoms with van der Waals surface area (Å²) in [5.41, 5.74) is 2.38. The van der Waals surface area contributed by atoms with Crippen LogP contribution in [0.2, 0.25) is 0 Å². The van der Waals surface area contributed by atoms with Gasteiger partial charge in [0.25, 0.3) is 0 Å². The van der Waals surface area contributed by atoms with Gasteiger partial charge in [0.05, 0.1) is 6.61 Å². The Balaban J connectivity index is 1.93. The summed E-state index contributed by atoms with van der Waals surface area (Å²) in [6, 6.07) is 8.28. The van der Waals surface area contributed by atoms with Gasteiger partial charge >= 0.3 is 6.09 Å². The number of hydrogen-bond acceptors (Lipinski definition) is 3. The van der Waals surface area contributed by atoms with Gasteiger partial charge in [0.1, 0.15) is 0 Å². The first-order valence-corrected chi connectivity index (χ1v) is 6.81. The summed E-state index contributed by atoms with van der Waals surface area (Å²) in [5.74, 6) is 0.426. The number of amides is 1. The average molecular weight is 262 g/mol. The molecule has 0 bridgehead atoms. The Labute approximate surface area is 114 Å². The van der Waals surface area contributed by atoms with Gasteiger partial charge in [0, 0.05) is 19.0 Å². The van der Waals surface area contributed by atoms with Gasteiger partial charge in [-0.05, 0) is 32.5 Å². The predicted molar refractivity (Wildman–Crippen MR) is 75.0 cm³/mol. The minimum atomic E-state index is -0.193. The number of carbonyl (C=O) groups excluding carboxylic acids is 1. The normalized spacial score (nSPS) is 19.4. The molecule has 1 atom stereocenters. The molecule has 0 radical (unpaired) electrons. The zero-order valence-electron chi connectivity index (χ0n) is 11.7. The van der Waals surface area contributed by atoms with Gasteiger partial charge in [0.2, 0.25) is 0 Å². The molecule has 1 aliphatic heterocycles. The second-order valence-corrected chi connectivity index (χ2v) is 5.20. The molecule has 1 aromatic rings. The van der Waals surface area contributed by atoms with E-state index in [0.29, 0.717) is 19.1 Å². The second-order valence-electron chi connectivity index (χ2n) is 5.20. The maximum atomic E-state index is 11.8. The molecule has 4 nitrogen and oxygen atoms in total.